The number of rotatable bonds is 5. The van der Waals surface area contributed by atoms with Gasteiger partial charge in [-0.1, -0.05) is 35.9 Å². The summed E-state index contributed by atoms with van der Waals surface area (Å²) in [5.41, 5.74) is 7.45. The van der Waals surface area contributed by atoms with Gasteiger partial charge in [-0.15, -0.1) is 0 Å². The molecule has 0 fully saturated rings. The monoisotopic (exact) mass is 290 g/mol. The highest BCUT2D eigenvalue weighted by molar-refractivity contribution is 5.84. The molecule has 0 aliphatic carbocycles. The van der Waals surface area contributed by atoms with Crippen LogP contribution in [0.2, 0.25) is 0 Å². The second kappa shape index (κ2) is 6.35. The molecule has 0 heterocycles. The normalized spacial score (nSPS) is 12.2. The number of alkyl halides is 2. The highest BCUT2D eigenvalue weighted by atomic mass is 19.3. The third kappa shape index (κ3) is 3.78. The van der Waals surface area contributed by atoms with Crippen LogP contribution in [0.4, 0.5) is 14.5 Å². The van der Waals surface area contributed by atoms with E-state index >= 15 is 0 Å². The van der Waals surface area contributed by atoms with Crippen LogP contribution in [-0.2, 0) is 4.79 Å². The van der Waals surface area contributed by atoms with Crippen LogP contribution in [0, 0.1) is 6.92 Å². The number of hydrogen-bond acceptors (Lipinski definition) is 2. The Morgan fingerprint density at radius 3 is 2.29 bits per heavy atom. The van der Waals surface area contributed by atoms with Gasteiger partial charge in [-0.2, -0.15) is 0 Å². The predicted molar refractivity (Wildman–Crippen MR) is 78.1 cm³/mol. The van der Waals surface area contributed by atoms with Crippen molar-refractivity contribution >= 4 is 11.6 Å². The predicted octanol–water partition coefficient (Wildman–Crippen LogP) is 3.57. The minimum absolute atomic E-state index is 0.135. The molecule has 1 unspecified atom stereocenters. The fourth-order valence-electron chi connectivity index (χ4n) is 2.01. The molecule has 0 aromatic heterocycles. The number of benzene rings is 2. The van der Waals surface area contributed by atoms with Crippen LogP contribution < -0.4 is 11.1 Å². The molecule has 0 spiro atoms. The summed E-state index contributed by atoms with van der Waals surface area (Å²) in [6, 6.07) is 12.2. The topological polar surface area (TPSA) is 55.1 Å². The van der Waals surface area contributed by atoms with Crippen molar-refractivity contribution in [1.29, 1.82) is 0 Å². The largest absolute Gasteiger partial charge is 0.370 e. The molecule has 0 aliphatic heterocycles. The molecule has 2 aromatic carbocycles. The van der Waals surface area contributed by atoms with Crippen LogP contribution in [0.1, 0.15) is 29.2 Å². The Kier molecular flexibility index (Phi) is 4.52. The Morgan fingerprint density at radius 1 is 1.10 bits per heavy atom. The first kappa shape index (κ1) is 15.0. The van der Waals surface area contributed by atoms with E-state index in [4.69, 9.17) is 5.73 Å². The zero-order valence-electron chi connectivity index (χ0n) is 11.5. The standard InChI is InChI=1S/C16H16F2N2O/c1-10-5-7-13(8-6-10)20-14(16(19)21)11-3-2-4-12(9-11)15(17)18/h2-9,14-15,20H,1H3,(H2,19,21). The molecule has 3 nitrogen and oxygen atoms in total. The van der Waals surface area contributed by atoms with E-state index in [9.17, 15) is 13.6 Å². The summed E-state index contributed by atoms with van der Waals surface area (Å²) in [5, 5.41) is 2.97. The van der Waals surface area contributed by atoms with Gasteiger partial charge < -0.3 is 11.1 Å². The average molecular weight is 290 g/mol. The first-order valence-corrected chi connectivity index (χ1v) is 6.48. The Balaban J connectivity index is 2.28. The molecule has 21 heavy (non-hydrogen) atoms. The van der Waals surface area contributed by atoms with E-state index in [1.807, 2.05) is 31.2 Å². The number of hydrogen-bond donors (Lipinski definition) is 2. The molecule has 1 atom stereocenters. The molecule has 5 heteroatoms. The molecule has 0 radical (unpaired) electrons. The average Bonchev–Trinajstić information content (AvgIpc) is 2.46. The summed E-state index contributed by atoms with van der Waals surface area (Å²) in [4.78, 5) is 11.6. The SMILES string of the molecule is Cc1ccc(NC(C(N)=O)c2cccc(C(F)F)c2)cc1. The van der Waals surface area contributed by atoms with Crippen LogP contribution >= 0.6 is 0 Å². The minimum atomic E-state index is -2.59. The number of primary amides is 1. The summed E-state index contributed by atoms with van der Waals surface area (Å²) in [6.07, 6.45) is -2.59. The molecule has 0 saturated carbocycles. The molecule has 2 aromatic rings. The fraction of sp³-hybridized carbons (Fsp3) is 0.188. The Morgan fingerprint density at radius 2 is 1.71 bits per heavy atom. The second-order valence-corrected chi connectivity index (χ2v) is 4.82. The maximum absolute atomic E-state index is 12.7. The lowest BCUT2D eigenvalue weighted by atomic mass is 10.0. The third-order valence-electron chi connectivity index (χ3n) is 3.14. The van der Waals surface area contributed by atoms with Crippen LogP contribution in [0.15, 0.2) is 48.5 Å². The molecule has 0 saturated heterocycles. The summed E-state index contributed by atoms with van der Waals surface area (Å²) < 4.78 is 25.5. The Labute approximate surface area is 121 Å². The van der Waals surface area contributed by atoms with E-state index in [-0.39, 0.29) is 5.56 Å². The lowest BCUT2D eigenvalue weighted by Gasteiger charge is -2.18. The minimum Gasteiger partial charge on any atom is -0.370 e. The van der Waals surface area contributed by atoms with Crippen LogP contribution in [0.3, 0.4) is 0 Å². The van der Waals surface area contributed by atoms with Gasteiger partial charge in [0.2, 0.25) is 5.91 Å². The molecule has 3 N–H and O–H groups in total. The van der Waals surface area contributed by atoms with E-state index in [0.29, 0.717) is 11.3 Å². The van der Waals surface area contributed by atoms with Gasteiger partial charge in [0.25, 0.3) is 6.43 Å². The highest BCUT2D eigenvalue weighted by Crippen LogP contribution is 2.25. The zero-order chi connectivity index (χ0) is 15.4. The lowest BCUT2D eigenvalue weighted by Crippen LogP contribution is -2.27. The van der Waals surface area contributed by atoms with E-state index < -0.39 is 18.4 Å². The number of carbonyl (C=O) groups excluding carboxylic acids is 1. The van der Waals surface area contributed by atoms with Crippen molar-refractivity contribution < 1.29 is 13.6 Å². The maximum Gasteiger partial charge on any atom is 0.263 e. The van der Waals surface area contributed by atoms with Gasteiger partial charge in [-0.25, -0.2) is 8.78 Å². The number of nitrogens with two attached hydrogens (primary N) is 1. The zero-order valence-corrected chi connectivity index (χ0v) is 11.5. The van der Waals surface area contributed by atoms with Crippen molar-refractivity contribution in [2.24, 2.45) is 5.73 Å². The molecule has 0 bridgehead atoms. The van der Waals surface area contributed by atoms with Crippen molar-refractivity contribution in [3.63, 3.8) is 0 Å². The van der Waals surface area contributed by atoms with Crippen LogP contribution in [0.25, 0.3) is 0 Å². The summed E-state index contributed by atoms with van der Waals surface area (Å²) in [5.74, 6) is -0.623. The number of carbonyl (C=O) groups is 1. The van der Waals surface area contributed by atoms with Crippen molar-refractivity contribution in [2.75, 3.05) is 5.32 Å². The number of amides is 1. The summed E-state index contributed by atoms with van der Waals surface area (Å²) in [7, 11) is 0. The molecule has 1 amide bonds. The van der Waals surface area contributed by atoms with E-state index in [2.05, 4.69) is 5.32 Å². The molecule has 110 valence electrons. The van der Waals surface area contributed by atoms with Gasteiger partial charge >= 0.3 is 0 Å². The first-order valence-electron chi connectivity index (χ1n) is 6.48. The quantitative estimate of drug-likeness (QED) is 0.884. The highest BCUT2D eigenvalue weighted by Gasteiger charge is 2.19. The number of aryl methyl sites for hydroxylation is 1. The van der Waals surface area contributed by atoms with Crippen LogP contribution in [-0.4, -0.2) is 5.91 Å². The van der Waals surface area contributed by atoms with Crippen LogP contribution in [0.5, 0.6) is 0 Å². The molecule has 2 rings (SSSR count). The van der Waals surface area contributed by atoms with E-state index in [0.717, 1.165) is 5.56 Å². The van der Waals surface area contributed by atoms with E-state index in [1.54, 1.807) is 6.07 Å². The maximum atomic E-state index is 12.7. The van der Waals surface area contributed by atoms with E-state index in [1.165, 1.54) is 18.2 Å². The molecular weight excluding hydrogens is 274 g/mol. The number of nitrogens with one attached hydrogen (secondary N) is 1. The van der Waals surface area contributed by atoms with Crippen molar-refractivity contribution in [3.8, 4) is 0 Å². The first-order chi connectivity index (χ1) is 9.97. The van der Waals surface area contributed by atoms with Gasteiger partial charge in [-0.3, -0.25) is 4.79 Å². The smallest absolute Gasteiger partial charge is 0.263 e. The fourth-order valence-corrected chi connectivity index (χ4v) is 2.01. The Bertz CT molecular complexity index is 626. The lowest BCUT2D eigenvalue weighted by molar-refractivity contribution is -0.118. The van der Waals surface area contributed by atoms with Gasteiger partial charge in [0.05, 0.1) is 0 Å². The van der Waals surface area contributed by atoms with Crippen molar-refractivity contribution in [1.82, 2.24) is 0 Å². The van der Waals surface area contributed by atoms with Crippen molar-refractivity contribution in [2.45, 2.75) is 19.4 Å². The Hall–Kier alpha value is -2.43. The van der Waals surface area contributed by atoms with Gasteiger partial charge in [0.1, 0.15) is 6.04 Å². The second-order valence-electron chi connectivity index (χ2n) is 4.82. The summed E-state index contributed by atoms with van der Waals surface area (Å²) in [6.45, 7) is 1.95. The van der Waals surface area contributed by atoms with Gasteiger partial charge in [0.15, 0.2) is 0 Å². The summed E-state index contributed by atoms with van der Waals surface area (Å²) >= 11 is 0. The number of anilines is 1. The molecule has 0 aliphatic rings. The molecular formula is C16H16F2N2O. The van der Waals surface area contributed by atoms with Crippen molar-refractivity contribution in [3.05, 3.63) is 65.2 Å². The van der Waals surface area contributed by atoms with Gasteiger partial charge in [-0.05, 0) is 30.7 Å². The number of halogens is 2. The third-order valence-corrected chi connectivity index (χ3v) is 3.14. The van der Waals surface area contributed by atoms with Gasteiger partial charge in [0, 0.05) is 11.3 Å².